The standard InChI is InChI=1S/C17H21NO2/c1-2-9-17(12-18)10-7-14(8-11-17)13-3-5-15(6-4-13)16(19)20/h3-6,14H,2,7-11H2,1H3,(H,19,20). The largest absolute Gasteiger partial charge is 0.478 e. The molecule has 0 atom stereocenters. The van der Waals surface area contributed by atoms with E-state index in [4.69, 9.17) is 5.11 Å². The molecular weight excluding hydrogens is 250 g/mol. The van der Waals surface area contributed by atoms with Crippen LogP contribution in [0.5, 0.6) is 0 Å². The Kier molecular flexibility index (Phi) is 4.44. The molecule has 1 fully saturated rings. The second-order valence-corrected chi connectivity index (χ2v) is 5.84. The highest BCUT2D eigenvalue weighted by atomic mass is 16.4. The molecule has 0 radical (unpaired) electrons. The third-order valence-electron chi connectivity index (χ3n) is 4.54. The highest BCUT2D eigenvalue weighted by Gasteiger charge is 2.34. The smallest absolute Gasteiger partial charge is 0.335 e. The molecule has 1 N–H and O–H groups in total. The summed E-state index contributed by atoms with van der Waals surface area (Å²) in [6.45, 7) is 2.13. The van der Waals surface area contributed by atoms with Gasteiger partial charge in [-0.3, -0.25) is 0 Å². The van der Waals surface area contributed by atoms with Crippen molar-refractivity contribution in [2.75, 3.05) is 0 Å². The minimum Gasteiger partial charge on any atom is -0.478 e. The summed E-state index contributed by atoms with van der Waals surface area (Å²) in [6, 6.07) is 9.74. The van der Waals surface area contributed by atoms with E-state index in [2.05, 4.69) is 13.0 Å². The van der Waals surface area contributed by atoms with Gasteiger partial charge in [0.1, 0.15) is 0 Å². The first kappa shape index (κ1) is 14.6. The van der Waals surface area contributed by atoms with Gasteiger partial charge in [-0.05, 0) is 55.7 Å². The number of carboxylic acid groups (broad SMARTS) is 1. The molecule has 1 saturated carbocycles. The molecule has 0 saturated heterocycles. The Labute approximate surface area is 120 Å². The minimum absolute atomic E-state index is 0.119. The highest BCUT2D eigenvalue weighted by molar-refractivity contribution is 5.87. The van der Waals surface area contributed by atoms with Crippen LogP contribution in [-0.4, -0.2) is 11.1 Å². The van der Waals surface area contributed by atoms with Gasteiger partial charge < -0.3 is 5.11 Å². The van der Waals surface area contributed by atoms with Gasteiger partial charge in [-0.15, -0.1) is 0 Å². The van der Waals surface area contributed by atoms with E-state index in [0.29, 0.717) is 11.5 Å². The molecule has 1 aliphatic carbocycles. The highest BCUT2D eigenvalue weighted by Crippen LogP contribution is 2.45. The van der Waals surface area contributed by atoms with Gasteiger partial charge in [0.05, 0.1) is 17.0 Å². The maximum Gasteiger partial charge on any atom is 0.335 e. The Morgan fingerprint density at radius 2 is 1.95 bits per heavy atom. The summed E-state index contributed by atoms with van der Waals surface area (Å²) in [5.41, 5.74) is 1.42. The van der Waals surface area contributed by atoms with Crippen molar-refractivity contribution < 1.29 is 9.90 Å². The summed E-state index contributed by atoms with van der Waals surface area (Å²) >= 11 is 0. The zero-order chi connectivity index (χ0) is 14.6. The summed E-state index contributed by atoms with van der Waals surface area (Å²) in [5, 5.41) is 18.3. The van der Waals surface area contributed by atoms with Crippen LogP contribution in [0.25, 0.3) is 0 Å². The zero-order valence-corrected chi connectivity index (χ0v) is 11.9. The minimum atomic E-state index is -0.883. The molecule has 3 nitrogen and oxygen atoms in total. The van der Waals surface area contributed by atoms with Gasteiger partial charge in [-0.25, -0.2) is 4.79 Å². The van der Waals surface area contributed by atoms with Crippen molar-refractivity contribution in [3.05, 3.63) is 35.4 Å². The second kappa shape index (κ2) is 6.09. The van der Waals surface area contributed by atoms with Crippen LogP contribution in [0.1, 0.15) is 67.3 Å². The number of rotatable bonds is 4. The van der Waals surface area contributed by atoms with E-state index in [9.17, 15) is 10.1 Å². The first-order valence-corrected chi connectivity index (χ1v) is 7.35. The summed E-state index contributed by atoms with van der Waals surface area (Å²) in [7, 11) is 0. The molecule has 1 aliphatic rings. The van der Waals surface area contributed by atoms with E-state index in [1.807, 2.05) is 12.1 Å². The first-order chi connectivity index (χ1) is 9.60. The predicted octanol–water partition coefficient (Wildman–Crippen LogP) is 4.35. The van der Waals surface area contributed by atoms with Gasteiger partial charge in [0.15, 0.2) is 0 Å². The lowest BCUT2D eigenvalue weighted by molar-refractivity contribution is 0.0697. The summed E-state index contributed by atoms with van der Waals surface area (Å²) in [6.07, 6.45) is 6.03. The van der Waals surface area contributed by atoms with Gasteiger partial charge >= 0.3 is 5.97 Å². The Balaban J connectivity index is 2.03. The predicted molar refractivity (Wildman–Crippen MR) is 77.6 cm³/mol. The van der Waals surface area contributed by atoms with Crippen LogP contribution < -0.4 is 0 Å². The lowest BCUT2D eigenvalue weighted by Gasteiger charge is -2.35. The topological polar surface area (TPSA) is 61.1 Å². The van der Waals surface area contributed by atoms with Gasteiger partial charge in [0.2, 0.25) is 0 Å². The van der Waals surface area contributed by atoms with Crippen molar-refractivity contribution in [1.29, 1.82) is 5.26 Å². The molecular formula is C17H21NO2. The fourth-order valence-electron chi connectivity index (χ4n) is 3.30. The van der Waals surface area contributed by atoms with Gasteiger partial charge in [-0.2, -0.15) is 5.26 Å². The molecule has 0 heterocycles. The van der Waals surface area contributed by atoms with Crippen LogP contribution in [0.2, 0.25) is 0 Å². The van der Waals surface area contributed by atoms with E-state index in [1.165, 1.54) is 5.56 Å². The molecule has 0 aliphatic heterocycles. The maximum absolute atomic E-state index is 10.8. The molecule has 0 spiro atoms. The molecule has 1 aromatic carbocycles. The molecule has 106 valence electrons. The summed E-state index contributed by atoms with van der Waals surface area (Å²) in [4.78, 5) is 10.8. The van der Waals surface area contributed by atoms with E-state index in [-0.39, 0.29) is 5.41 Å². The van der Waals surface area contributed by atoms with E-state index in [0.717, 1.165) is 38.5 Å². The summed E-state index contributed by atoms with van der Waals surface area (Å²) < 4.78 is 0. The number of carbonyl (C=O) groups is 1. The van der Waals surface area contributed by atoms with Crippen molar-refractivity contribution in [3.63, 3.8) is 0 Å². The molecule has 0 bridgehead atoms. The number of aromatic carboxylic acids is 1. The van der Waals surface area contributed by atoms with Crippen LogP contribution in [0.4, 0.5) is 0 Å². The van der Waals surface area contributed by atoms with Gasteiger partial charge in [-0.1, -0.05) is 25.5 Å². The van der Waals surface area contributed by atoms with E-state index in [1.54, 1.807) is 12.1 Å². The Morgan fingerprint density at radius 1 is 1.35 bits per heavy atom. The average Bonchev–Trinajstić information content (AvgIpc) is 2.48. The number of nitriles is 1. The fraction of sp³-hybridized carbons (Fsp3) is 0.529. The Bertz CT molecular complexity index is 505. The molecule has 3 heteroatoms. The molecule has 20 heavy (non-hydrogen) atoms. The number of benzene rings is 1. The molecule has 0 aromatic heterocycles. The maximum atomic E-state index is 10.8. The number of nitrogens with zero attached hydrogens (tertiary/aromatic N) is 1. The number of hydrogen-bond acceptors (Lipinski definition) is 2. The SMILES string of the molecule is CCCC1(C#N)CCC(c2ccc(C(=O)O)cc2)CC1. The molecule has 0 amide bonds. The third-order valence-corrected chi connectivity index (χ3v) is 4.54. The van der Waals surface area contributed by atoms with Crippen molar-refractivity contribution in [1.82, 2.24) is 0 Å². The lowest BCUT2D eigenvalue weighted by atomic mass is 9.68. The third kappa shape index (κ3) is 3.01. The molecule has 0 unspecified atom stereocenters. The van der Waals surface area contributed by atoms with Gasteiger partial charge in [0.25, 0.3) is 0 Å². The van der Waals surface area contributed by atoms with Crippen LogP contribution in [0.15, 0.2) is 24.3 Å². The monoisotopic (exact) mass is 271 g/mol. The quantitative estimate of drug-likeness (QED) is 0.885. The number of hydrogen-bond donors (Lipinski definition) is 1. The molecule has 2 rings (SSSR count). The van der Waals surface area contributed by atoms with Crippen LogP contribution in [-0.2, 0) is 0 Å². The Morgan fingerprint density at radius 3 is 2.40 bits per heavy atom. The van der Waals surface area contributed by atoms with Crippen LogP contribution >= 0.6 is 0 Å². The normalized spacial score (nSPS) is 25.9. The molecule has 1 aromatic rings. The Hall–Kier alpha value is -1.82. The summed E-state index contributed by atoms with van der Waals surface area (Å²) in [5.74, 6) is -0.414. The van der Waals surface area contributed by atoms with Crippen LogP contribution in [0.3, 0.4) is 0 Å². The van der Waals surface area contributed by atoms with E-state index < -0.39 is 5.97 Å². The first-order valence-electron chi connectivity index (χ1n) is 7.35. The van der Waals surface area contributed by atoms with Crippen molar-refractivity contribution >= 4 is 5.97 Å². The fourth-order valence-corrected chi connectivity index (χ4v) is 3.30. The lowest BCUT2D eigenvalue weighted by Crippen LogP contribution is -2.25. The zero-order valence-electron chi connectivity index (χ0n) is 11.9. The van der Waals surface area contributed by atoms with Crippen LogP contribution in [0, 0.1) is 16.7 Å². The van der Waals surface area contributed by atoms with Crippen molar-refractivity contribution in [2.45, 2.75) is 51.4 Å². The number of carboxylic acids is 1. The average molecular weight is 271 g/mol. The van der Waals surface area contributed by atoms with Gasteiger partial charge in [0, 0.05) is 0 Å². The van der Waals surface area contributed by atoms with Crippen molar-refractivity contribution in [2.24, 2.45) is 5.41 Å². The second-order valence-electron chi connectivity index (χ2n) is 5.84. The van der Waals surface area contributed by atoms with Crippen molar-refractivity contribution in [3.8, 4) is 6.07 Å². The van der Waals surface area contributed by atoms with E-state index >= 15 is 0 Å².